The molecule has 0 bridgehead atoms. The van der Waals surface area contributed by atoms with Crippen LogP contribution in [0.2, 0.25) is 0 Å². The van der Waals surface area contributed by atoms with Gasteiger partial charge in [-0.1, -0.05) is 0 Å². The van der Waals surface area contributed by atoms with Crippen molar-refractivity contribution in [2.24, 2.45) is 0 Å². The first-order valence-electron chi connectivity index (χ1n) is 9.06. The summed E-state index contributed by atoms with van der Waals surface area (Å²) >= 11 is 0. The summed E-state index contributed by atoms with van der Waals surface area (Å²) in [6.07, 6.45) is 1.54. The van der Waals surface area contributed by atoms with E-state index in [2.05, 4.69) is 20.0 Å². The van der Waals surface area contributed by atoms with E-state index in [1.807, 2.05) is 0 Å². The summed E-state index contributed by atoms with van der Waals surface area (Å²) in [4.78, 5) is 19.6. The van der Waals surface area contributed by atoms with E-state index in [9.17, 15) is 17.6 Å². The Bertz CT molecular complexity index is 1370. The molecule has 0 aliphatic heterocycles. The Labute approximate surface area is 177 Å². The third kappa shape index (κ3) is 4.33. The fourth-order valence-electron chi connectivity index (χ4n) is 2.96. The van der Waals surface area contributed by atoms with Gasteiger partial charge in [0.1, 0.15) is 11.6 Å². The number of ether oxygens (including phenoxy) is 1. The molecule has 31 heavy (non-hydrogen) atoms. The predicted molar refractivity (Wildman–Crippen MR) is 114 cm³/mol. The number of sulfonamides is 1. The van der Waals surface area contributed by atoms with E-state index < -0.39 is 15.8 Å². The van der Waals surface area contributed by atoms with Crippen LogP contribution in [0, 0.1) is 5.82 Å². The van der Waals surface area contributed by atoms with E-state index in [1.165, 1.54) is 25.6 Å². The van der Waals surface area contributed by atoms with E-state index in [0.29, 0.717) is 11.3 Å². The maximum atomic E-state index is 13.1. The SMILES string of the molecule is COc1ccc(NC(=O)c2ccc3nc[nH]c3c2)cc1NS(=O)(=O)c1ccc(F)cc1. The molecule has 1 aromatic heterocycles. The topological polar surface area (TPSA) is 113 Å². The molecule has 0 atom stereocenters. The number of benzene rings is 3. The van der Waals surface area contributed by atoms with Gasteiger partial charge in [-0.05, 0) is 60.7 Å². The summed E-state index contributed by atoms with van der Waals surface area (Å²) < 4.78 is 46.0. The number of carbonyl (C=O) groups is 1. The van der Waals surface area contributed by atoms with Gasteiger partial charge < -0.3 is 15.0 Å². The van der Waals surface area contributed by atoms with Gasteiger partial charge in [0.2, 0.25) is 0 Å². The van der Waals surface area contributed by atoms with Crippen LogP contribution >= 0.6 is 0 Å². The minimum Gasteiger partial charge on any atom is -0.495 e. The molecule has 3 aromatic carbocycles. The number of hydrogen-bond acceptors (Lipinski definition) is 5. The first-order chi connectivity index (χ1) is 14.9. The Morgan fingerprint density at radius 3 is 2.58 bits per heavy atom. The van der Waals surface area contributed by atoms with E-state index in [4.69, 9.17) is 4.74 Å². The molecule has 4 aromatic rings. The summed E-state index contributed by atoms with van der Waals surface area (Å²) in [6.45, 7) is 0. The van der Waals surface area contributed by atoms with Crippen LogP contribution in [0.25, 0.3) is 11.0 Å². The Balaban J connectivity index is 1.59. The second kappa shape index (κ2) is 8.07. The molecule has 8 nitrogen and oxygen atoms in total. The highest BCUT2D eigenvalue weighted by atomic mass is 32.2. The zero-order chi connectivity index (χ0) is 22.0. The molecular formula is C21H17FN4O4S. The third-order valence-corrected chi connectivity index (χ3v) is 5.89. The molecule has 0 aliphatic rings. The smallest absolute Gasteiger partial charge is 0.262 e. The number of hydrogen-bond donors (Lipinski definition) is 3. The number of amides is 1. The Morgan fingerprint density at radius 1 is 1.06 bits per heavy atom. The van der Waals surface area contributed by atoms with E-state index in [0.717, 1.165) is 35.3 Å². The highest BCUT2D eigenvalue weighted by Gasteiger charge is 2.18. The highest BCUT2D eigenvalue weighted by Crippen LogP contribution is 2.30. The number of carbonyl (C=O) groups excluding carboxylic acids is 1. The van der Waals surface area contributed by atoms with Crippen molar-refractivity contribution < 1.29 is 22.3 Å². The summed E-state index contributed by atoms with van der Waals surface area (Å²) in [6, 6.07) is 14.0. The van der Waals surface area contributed by atoms with E-state index >= 15 is 0 Å². The second-order valence-corrected chi connectivity index (χ2v) is 8.25. The van der Waals surface area contributed by atoms with Gasteiger partial charge in [-0.25, -0.2) is 17.8 Å². The lowest BCUT2D eigenvalue weighted by Gasteiger charge is -2.14. The first kappa shape index (κ1) is 20.4. The van der Waals surface area contributed by atoms with Crippen molar-refractivity contribution in [1.29, 1.82) is 0 Å². The second-order valence-electron chi connectivity index (χ2n) is 6.56. The van der Waals surface area contributed by atoms with Gasteiger partial charge in [0.15, 0.2) is 0 Å². The standard InChI is InChI=1S/C21H17FN4O4S/c1-30-20-9-5-15(25-21(27)13-2-8-17-18(10-13)24-12-23-17)11-19(20)26-31(28,29)16-6-3-14(22)4-7-16/h2-12,26H,1H3,(H,23,24)(H,25,27). The fourth-order valence-corrected chi connectivity index (χ4v) is 4.02. The average molecular weight is 440 g/mol. The number of nitrogens with zero attached hydrogens (tertiary/aromatic N) is 1. The van der Waals surface area contributed by atoms with Gasteiger partial charge in [-0.3, -0.25) is 9.52 Å². The quantitative estimate of drug-likeness (QED) is 0.423. The van der Waals surface area contributed by atoms with Crippen molar-refractivity contribution in [3.05, 3.63) is 78.4 Å². The summed E-state index contributed by atoms with van der Waals surface area (Å²) in [5, 5.41) is 2.73. The molecule has 0 saturated heterocycles. The zero-order valence-corrected chi connectivity index (χ0v) is 17.0. The molecule has 0 aliphatic carbocycles. The molecule has 10 heteroatoms. The van der Waals surface area contributed by atoms with Crippen LogP contribution in [0.15, 0.2) is 71.9 Å². The first-order valence-corrected chi connectivity index (χ1v) is 10.5. The number of H-pyrrole nitrogens is 1. The number of halogens is 1. The van der Waals surface area contributed by atoms with Crippen LogP contribution in [0.5, 0.6) is 5.75 Å². The average Bonchev–Trinajstić information content (AvgIpc) is 3.22. The highest BCUT2D eigenvalue weighted by molar-refractivity contribution is 7.92. The van der Waals surface area contributed by atoms with E-state index in [1.54, 1.807) is 24.3 Å². The summed E-state index contributed by atoms with van der Waals surface area (Å²) in [5.74, 6) is -0.675. The molecule has 3 N–H and O–H groups in total. The van der Waals surface area contributed by atoms with Crippen LogP contribution in [-0.4, -0.2) is 31.4 Å². The van der Waals surface area contributed by atoms with Crippen LogP contribution in [-0.2, 0) is 10.0 Å². The Morgan fingerprint density at radius 2 is 1.84 bits per heavy atom. The number of anilines is 2. The Kier molecular flexibility index (Phi) is 5.30. The molecule has 0 fully saturated rings. The number of fused-ring (bicyclic) bond motifs is 1. The molecule has 1 heterocycles. The maximum absolute atomic E-state index is 13.1. The molecule has 4 rings (SSSR count). The van der Waals surface area contributed by atoms with Crippen LogP contribution < -0.4 is 14.8 Å². The fraction of sp³-hybridized carbons (Fsp3) is 0.0476. The molecule has 0 saturated carbocycles. The van der Waals surface area contributed by atoms with E-state index in [-0.39, 0.29) is 22.2 Å². The minimum atomic E-state index is -4.00. The van der Waals surface area contributed by atoms with Gasteiger partial charge in [0.05, 0.1) is 35.1 Å². The van der Waals surface area contributed by atoms with Crippen LogP contribution in [0.3, 0.4) is 0 Å². The number of nitrogens with one attached hydrogen (secondary N) is 3. The molecular weight excluding hydrogens is 423 g/mol. The summed E-state index contributed by atoms with van der Waals surface area (Å²) in [7, 11) is -2.61. The van der Waals surface area contributed by atoms with Gasteiger partial charge in [-0.2, -0.15) is 0 Å². The van der Waals surface area contributed by atoms with Crippen molar-refractivity contribution in [1.82, 2.24) is 9.97 Å². The number of methoxy groups -OCH3 is 1. The van der Waals surface area contributed by atoms with Gasteiger partial charge in [0.25, 0.3) is 15.9 Å². The van der Waals surface area contributed by atoms with Crippen LogP contribution in [0.1, 0.15) is 10.4 Å². The number of imidazole rings is 1. The lowest BCUT2D eigenvalue weighted by molar-refractivity contribution is 0.102. The molecule has 0 spiro atoms. The van der Waals surface area contributed by atoms with Gasteiger partial charge >= 0.3 is 0 Å². The largest absolute Gasteiger partial charge is 0.495 e. The van der Waals surface area contributed by atoms with Gasteiger partial charge in [0, 0.05) is 11.3 Å². The minimum absolute atomic E-state index is 0.113. The molecule has 0 radical (unpaired) electrons. The maximum Gasteiger partial charge on any atom is 0.262 e. The predicted octanol–water partition coefficient (Wildman–Crippen LogP) is 3.76. The zero-order valence-electron chi connectivity index (χ0n) is 16.2. The van der Waals surface area contributed by atoms with Crippen molar-refractivity contribution in [3.63, 3.8) is 0 Å². The number of aromatic nitrogens is 2. The van der Waals surface area contributed by atoms with Gasteiger partial charge in [-0.15, -0.1) is 0 Å². The lowest BCUT2D eigenvalue weighted by Crippen LogP contribution is -2.15. The molecule has 158 valence electrons. The Hall–Kier alpha value is -3.92. The normalized spacial score (nSPS) is 11.3. The monoisotopic (exact) mass is 440 g/mol. The van der Waals surface area contributed by atoms with Crippen molar-refractivity contribution in [3.8, 4) is 5.75 Å². The number of aromatic amines is 1. The van der Waals surface area contributed by atoms with Crippen molar-refractivity contribution in [2.45, 2.75) is 4.90 Å². The lowest BCUT2D eigenvalue weighted by atomic mass is 10.2. The number of rotatable bonds is 6. The van der Waals surface area contributed by atoms with Crippen LogP contribution in [0.4, 0.5) is 15.8 Å². The van der Waals surface area contributed by atoms with Crippen molar-refractivity contribution in [2.75, 3.05) is 17.1 Å². The molecule has 1 amide bonds. The third-order valence-electron chi connectivity index (χ3n) is 4.51. The molecule has 0 unspecified atom stereocenters. The summed E-state index contributed by atoms with van der Waals surface area (Å²) in [5.41, 5.74) is 2.33. The van der Waals surface area contributed by atoms with Crippen molar-refractivity contribution >= 4 is 38.3 Å².